The highest BCUT2D eigenvalue weighted by Gasteiger charge is 2.24. The van der Waals surface area contributed by atoms with E-state index in [0.29, 0.717) is 18.5 Å². The van der Waals surface area contributed by atoms with Crippen LogP contribution in [0, 0.1) is 0 Å². The van der Waals surface area contributed by atoms with Gasteiger partial charge in [-0.05, 0) is 48.8 Å². The molecule has 4 rings (SSSR count). The first kappa shape index (κ1) is 18.3. The van der Waals surface area contributed by atoms with Gasteiger partial charge in [0.2, 0.25) is 5.91 Å². The number of hydrogen-bond acceptors (Lipinski definition) is 6. The normalized spacial score (nSPS) is 16.0. The second kappa shape index (κ2) is 8.33. The molecular formula is C19H22N4O2S2. The molecule has 1 saturated heterocycles. The topological polar surface area (TPSA) is 67.2 Å². The predicted molar refractivity (Wildman–Crippen MR) is 109 cm³/mol. The van der Waals surface area contributed by atoms with Crippen molar-refractivity contribution in [1.29, 1.82) is 0 Å². The van der Waals surface area contributed by atoms with E-state index in [1.165, 1.54) is 39.9 Å². The third-order valence-corrected chi connectivity index (χ3v) is 6.77. The van der Waals surface area contributed by atoms with E-state index in [1.54, 1.807) is 17.4 Å². The maximum atomic E-state index is 12.4. The van der Waals surface area contributed by atoms with E-state index in [2.05, 4.69) is 32.7 Å². The Hall–Kier alpha value is -2.03. The fourth-order valence-electron chi connectivity index (χ4n) is 3.52. The predicted octanol–water partition coefficient (Wildman–Crippen LogP) is 2.86. The van der Waals surface area contributed by atoms with Gasteiger partial charge in [0, 0.05) is 24.4 Å². The molecule has 1 amide bonds. The number of fused-ring (bicyclic) bond motifs is 1. The standard InChI is InChI=1S/C19H22N4O2S2/c24-17(5-9-23-13-21-18-14(19(23)25)6-11-27-18)20-12-15(16-4-3-10-26-16)22-7-1-2-8-22/h3-4,6,10-11,13,15H,1-2,5,7-9,12H2,(H,20,24). The summed E-state index contributed by atoms with van der Waals surface area (Å²) in [5.74, 6) is -0.0342. The molecule has 0 saturated carbocycles. The third kappa shape index (κ3) is 4.12. The molecule has 1 N–H and O–H groups in total. The van der Waals surface area contributed by atoms with Crippen LogP contribution in [0.15, 0.2) is 40.1 Å². The number of nitrogens with zero attached hydrogens (tertiary/aromatic N) is 3. The molecule has 1 atom stereocenters. The molecule has 3 aromatic rings. The van der Waals surface area contributed by atoms with Crippen molar-refractivity contribution in [1.82, 2.24) is 19.8 Å². The van der Waals surface area contributed by atoms with Crippen LogP contribution in [-0.2, 0) is 11.3 Å². The quantitative estimate of drug-likeness (QED) is 0.660. The highest BCUT2D eigenvalue weighted by molar-refractivity contribution is 7.16. The first-order chi connectivity index (χ1) is 13.2. The van der Waals surface area contributed by atoms with Crippen LogP contribution < -0.4 is 10.9 Å². The van der Waals surface area contributed by atoms with E-state index >= 15 is 0 Å². The highest BCUT2D eigenvalue weighted by atomic mass is 32.1. The van der Waals surface area contributed by atoms with Crippen molar-refractivity contribution in [2.45, 2.75) is 31.8 Å². The zero-order valence-electron chi connectivity index (χ0n) is 15.0. The Morgan fingerprint density at radius 3 is 2.85 bits per heavy atom. The molecule has 1 aliphatic heterocycles. The summed E-state index contributed by atoms with van der Waals surface area (Å²) in [5, 5.41) is 7.63. The summed E-state index contributed by atoms with van der Waals surface area (Å²) in [6.07, 6.45) is 4.25. The van der Waals surface area contributed by atoms with E-state index in [0.717, 1.165) is 17.9 Å². The minimum atomic E-state index is -0.0809. The summed E-state index contributed by atoms with van der Waals surface area (Å²) in [6, 6.07) is 6.22. The van der Waals surface area contributed by atoms with Crippen molar-refractivity contribution >= 4 is 38.8 Å². The fourth-order valence-corrected chi connectivity index (χ4v) is 5.10. The molecule has 1 aliphatic rings. The molecule has 0 bridgehead atoms. The number of carbonyl (C=O) groups excluding carboxylic acids is 1. The smallest absolute Gasteiger partial charge is 0.262 e. The zero-order valence-corrected chi connectivity index (χ0v) is 16.6. The van der Waals surface area contributed by atoms with Gasteiger partial charge in [0.25, 0.3) is 5.56 Å². The van der Waals surface area contributed by atoms with Crippen molar-refractivity contribution in [3.8, 4) is 0 Å². The number of rotatable bonds is 7. The van der Waals surface area contributed by atoms with E-state index in [1.807, 2.05) is 5.38 Å². The number of nitrogens with one attached hydrogen (secondary N) is 1. The molecule has 6 nitrogen and oxygen atoms in total. The van der Waals surface area contributed by atoms with E-state index in [9.17, 15) is 9.59 Å². The molecule has 1 fully saturated rings. The molecule has 4 heterocycles. The summed E-state index contributed by atoms with van der Waals surface area (Å²) in [5.41, 5.74) is -0.0809. The van der Waals surface area contributed by atoms with E-state index in [4.69, 9.17) is 0 Å². The van der Waals surface area contributed by atoms with Gasteiger partial charge < -0.3 is 5.32 Å². The maximum Gasteiger partial charge on any atom is 0.262 e. The van der Waals surface area contributed by atoms with Crippen LogP contribution in [0.3, 0.4) is 0 Å². The molecule has 27 heavy (non-hydrogen) atoms. The molecule has 3 aromatic heterocycles. The Morgan fingerprint density at radius 2 is 2.07 bits per heavy atom. The SMILES string of the molecule is O=C(CCn1cnc2sccc2c1=O)NCC(c1cccs1)N1CCCC1. The number of hydrogen-bond donors (Lipinski definition) is 1. The number of thiophene rings is 2. The minimum absolute atomic E-state index is 0.0342. The number of likely N-dealkylation sites (tertiary alicyclic amines) is 1. The van der Waals surface area contributed by atoms with Crippen LogP contribution in [0.5, 0.6) is 0 Å². The summed E-state index contributed by atoms with van der Waals surface area (Å²) >= 11 is 3.19. The van der Waals surface area contributed by atoms with Crippen LogP contribution in [0.4, 0.5) is 0 Å². The lowest BCUT2D eigenvalue weighted by Gasteiger charge is -2.27. The average molecular weight is 403 g/mol. The average Bonchev–Trinajstić information content (AvgIpc) is 3.43. The van der Waals surface area contributed by atoms with Crippen molar-refractivity contribution < 1.29 is 4.79 Å². The van der Waals surface area contributed by atoms with Gasteiger partial charge in [0.1, 0.15) is 4.83 Å². The lowest BCUT2D eigenvalue weighted by molar-refractivity contribution is -0.121. The molecular weight excluding hydrogens is 380 g/mol. The Bertz CT molecular complexity index is 958. The van der Waals surface area contributed by atoms with Gasteiger partial charge in [0.15, 0.2) is 0 Å². The van der Waals surface area contributed by atoms with Crippen molar-refractivity contribution in [3.05, 3.63) is 50.5 Å². The molecule has 0 aromatic carbocycles. The van der Waals surface area contributed by atoms with Gasteiger partial charge in [-0.1, -0.05) is 6.07 Å². The first-order valence-corrected chi connectivity index (χ1v) is 10.9. The summed E-state index contributed by atoms with van der Waals surface area (Å²) in [6.45, 7) is 3.12. The lowest BCUT2D eigenvalue weighted by Crippen LogP contribution is -2.37. The Kier molecular flexibility index (Phi) is 5.66. The van der Waals surface area contributed by atoms with Crippen molar-refractivity contribution in [3.63, 3.8) is 0 Å². The number of aromatic nitrogens is 2. The summed E-state index contributed by atoms with van der Waals surface area (Å²) < 4.78 is 1.52. The second-order valence-electron chi connectivity index (χ2n) is 6.71. The highest BCUT2D eigenvalue weighted by Crippen LogP contribution is 2.27. The Morgan fingerprint density at radius 1 is 1.22 bits per heavy atom. The Balaban J connectivity index is 1.35. The largest absolute Gasteiger partial charge is 0.354 e. The molecule has 0 spiro atoms. The number of carbonyl (C=O) groups is 1. The third-order valence-electron chi connectivity index (χ3n) is 4.98. The van der Waals surface area contributed by atoms with Gasteiger partial charge in [-0.2, -0.15) is 0 Å². The van der Waals surface area contributed by atoms with E-state index < -0.39 is 0 Å². The zero-order chi connectivity index (χ0) is 18.6. The number of aryl methyl sites for hydroxylation is 1. The van der Waals surface area contributed by atoms with Crippen molar-refractivity contribution in [2.75, 3.05) is 19.6 Å². The van der Waals surface area contributed by atoms with Gasteiger partial charge in [0.05, 0.1) is 17.8 Å². The van der Waals surface area contributed by atoms with Crippen LogP contribution >= 0.6 is 22.7 Å². The van der Waals surface area contributed by atoms with Crippen LogP contribution in [0.1, 0.15) is 30.2 Å². The van der Waals surface area contributed by atoms with Crippen LogP contribution in [-0.4, -0.2) is 40.0 Å². The van der Waals surface area contributed by atoms with Gasteiger partial charge in [-0.3, -0.25) is 19.1 Å². The van der Waals surface area contributed by atoms with Crippen LogP contribution in [0.2, 0.25) is 0 Å². The van der Waals surface area contributed by atoms with Crippen LogP contribution in [0.25, 0.3) is 10.2 Å². The lowest BCUT2D eigenvalue weighted by atomic mass is 10.2. The number of amides is 1. The molecule has 1 unspecified atom stereocenters. The minimum Gasteiger partial charge on any atom is -0.354 e. The fraction of sp³-hybridized carbons (Fsp3) is 0.421. The van der Waals surface area contributed by atoms with Gasteiger partial charge in [-0.15, -0.1) is 22.7 Å². The molecule has 0 radical (unpaired) electrons. The monoisotopic (exact) mass is 402 g/mol. The molecule has 142 valence electrons. The Labute approximate surface area is 165 Å². The van der Waals surface area contributed by atoms with Crippen molar-refractivity contribution in [2.24, 2.45) is 0 Å². The van der Waals surface area contributed by atoms with E-state index in [-0.39, 0.29) is 23.9 Å². The summed E-state index contributed by atoms with van der Waals surface area (Å²) in [4.78, 5) is 33.5. The second-order valence-corrected chi connectivity index (χ2v) is 8.58. The molecule has 0 aliphatic carbocycles. The first-order valence-electron chi connectivity index (χ1n) is 9.19. The van der Waals surface area contributed by atoms with Gasteiger partial charge >= 0.3 is 0 Å². The summed E-state index contributed by atoms with van der Waals surface area (Å²) in [7, 11) is 0. The van der Waals surface area contributed by atoms with Gasteiger partial charge in [-0.25, -0.2) is 4.98 Å². The molecule has 8 heteroatoms. The maximum absolute atomic E-state index is 12.4.